The summed E-state index contributed by atoms with van der Waals surface area (Å²) in [6.07, 6.45) is 1.68. The number of fused-ring (bicyclic) bond motifs is 2. The first kappa shape index (κ1) is 27.1. The lowest BCUT2D eigenvalue weighted by molar-refractivity contribution is -0.0737. The second-order valence-corrected chi connectivity index (χ2v) is 16.3. The van der Waals surface area contributed by atoms with Gasteiger partial charge < -0.3 is 19.2 Å². The highest BCUT2D eigenvalue weighted by Crippen LogP contribution is 2.53. The number of nitrogens with zero attached hydrogens (tertiary/aromatic N) is 2. The van der Waals surface area contributed by atoms with E-state index < -0.39 is 14.0 Å². The van der Waals surface area contributed by atoms with Crippen LogP contribution >= 0.6 is 0 Å². The van der Waals surface area contributed by atoms with Gasteiger partial charge in [0.25, 0.3) is 14.2 Å². The van der Waals surface area contributed by atoms with E-state index in [2.05, 4.69) is 46.5 Å². The second-order valence-electron chi connectivity index (χ2n) is 11.0. The van der Waals surface area contributed by atoms with E-state index in [0.29, 0.717) is 33.5 Å². The summed E-state index contributed by atoms with van der Waals surface area (Å²) in [5.74, 6) is 0.0836. The largest absolute Gasteiger partial charge is 0.541 e. The molecule has 8 heteroatoms. The summed E-state index contributed by atoms with van der Waals surface area (Å²) in [6.45, 7) is 14.8. The summed E-state index contributed by atoms with van der Waals surface area (Å²) < 4.78 is 26.5. The first-order chi connectivity index (χ1) is 17.4. The van der Waals surface area contributed by atoms with Gasteiger partial charge in [0.2, 0.25) is 0 Å². The normalized spacial score (nSPS) is 17.9. The highest BCUT2D eigenvalue weighted by molar-refractivity contribution is 6.78. The van der Waals surface area contributed by atoms with Crippen LogP contribution in [0.2, 0.25) is 16.6 Å². The molecular formula is C29H37FN2O4Si. The number of methoxy groups -OCH3 is 1. The minimum absolute atomic E-state index is 0.0915. The Bertz CT molecular complexity index is 1300. The highest BCUT2D eigenvalue weighted by Gasteiger charge is 2.53. The van der Waals surface area contributed by atoms with Crippen molar-refractivity contribution < 1.29 is 23.5 Å². The van der Waals surface area contributed by atoms with Crippen molar-refractivity contribution in [3.05, 3.63) is 65.1 Å². The molecule has 1 N–H and O–H groups in total. The maximum atomic E-state index is 14.2. The third-order valence-electron chi connectivity index (χ3n) is 7.87. The van der Waals surface area contributed by atoms with Crippen molar-refractivity contribution in [2.45, 2.75) is 77.4 Å². The molecule has 1 unspecified atom stereocenters. The molecule has 198 valence electrons. The van der Waals surface area contributed by atoms with Gasteiger partial charge in [0.05, 0.1) is 18.2 Å². The maximum Gasteiger partial charge on any atom is 0.261 e. The molecule has 1 aromatic heterocycles. The van der Waals surface area contributed by atoms with Crippen molar-refractivity contribution in [3.63, 3.8) is 0 Å². The zero-order chi connectivity index (χ0) is 27.3. The summed E-state index contributed by atoms with van der Waals surface area (Å²) in [6, 6.07) is 9.60. The summed E-state index contributed by atoms with van der Waals surface area (Å²) in [5.41, 5.74) is 0.994. The van der Waals surface area contributed by atoms with Crippen LogP contribution in [0.3, 0.4) is 0 Å². The van der Waals surface area contributed by atoms with Gasteiger partial charge in [0.1, 0.15) is 22.8 Å². The Kier molecular flexibility index (Phi) is 7.11. The molecule has 0 fully saturated rings. The molecule has 1 amide bonds. The Morgan fingerprint density at radius 2 is 1.62 bits per heavy atom. The van der Waals surface area contributed by atoms with Gasteiger partial charge in [-0.05, 0) is 53.4 Å². The molecule has 4 rings (SSSR count). The van der Waals surface area contributed by atoms with Gasteiger partial charge in [-0.1, -0.05) is 53.7 Å². The number of benzene rings is 2. The van der Waals surface area contributed by atoms with E-state index >= 15 is 0 Å². The summed E-state index contributed by atoms with van der Waals surface area (Å²) in [5, 5.41) is 12.6. The SMILES string of the molecule is COc1c2c(c(O[Si](C(C)C)(C(C)C)C(C)C)c3ncccc13)C(=O)N(Cc1ccc(F)cc1)C2(C)O. The minimum Gasteiger partial charge on any atom is -0.541 e. The lowest BCUT2D eigenvalue weighted by Crippen LogP contribution is -2.51. The highest BCUT2D eigenvalue weighted by atomic mass is 28.4. The Labute approximate surface area is 219 Å². The fraction of sp³-hybridized carbons (Fsp3) is 0.448. The van der Waals surface area contributed by atoms with E-state index in [0.717, 1.165) is 0 Å². The van der Waals surface area contributed by atoms with Gasteiger partial charge in [0.15, 0.2) is 5.72 Å². The third kappa shape index (κ3) is 4.20. The zero-order valence-electron chi connectivity index (χ0n) is 22.9. The number of carbonyl (C=O) groups excluding carboxylic acids is 1. The number of aromatic nitrogens is 1. The van der Waals surface area contributed by atoms with Crippen LogP contribution in [0, 0.1) is 5.82 Å². The average Bonchev–Trinajstić information content (AvgIpc) is 3.03. The van der Waals surface area contributed by atoms with E-state index in [4.69, 9.17) is 9.16 Å². The summed E-state index contributed by atoms with van der Waals surface area (Å²) in [4.78, 5) is 20.2. The number of halogens is 1. The predicted molar refractivity (Wildman–Crippen MR) is 146 cm³/mol. The van der Waals surface area contributed by atoms with Crippen molar-refractivity contribution in [1.29, 1.82) is 0 Å². The first-order valence-electron chi connectivity index (χ1n) is 12.8. The number of amides is 1. The minimum atomic E-state index is -2.51. The van der Waals surface area contributed by atoms with E-state index in [1.54, 1.807) is 31.3 Å². The molecule has 0 spiro atoms. The van der Waals surface area contributed by atoms with Gasteiger partial charge in [-0.25, -0.2) is 4.39 Å². The molecule has 1 atom stereocenters. The second kappa shape index (κ2) is 9.72. The van der Waals surface area contributed by atoms with E-state index in [9.17, 15) is 14.3 Å². The van der Waals surface area contributed by atoms with Gasteiger partial charge in [0, 0.05) is 18.1 Å². The molecule has 0 radical (unpaired) electrons. The third-order valence-corrected chi connectivity index (χ3v) is 13.8. The Hall–Kier alpha value is -2.97. The Morgan fingerprint density at radius 3 is 2.16 bits per heavy atom. The Balaban J connectivity index is 2.01. The number of carbonyl (C=O) groups is 1. The van der Waals surface area contributed by atoms with Crippen molar-refractivity contribution in [2.24, 2.45) is 0 Å². The van der Waals surface area contributed by atoms with Gasteiger partial charge in [-0.3, -0.25) is 9.78 Å². The van der Waals surface area contributed by atoms with Crippen LogP contribution < -0.4 is 9.16 Å². The van der Waals surface area contributed by atoms with Crippen LogP contribution in [0.25, 0.3) is 10.9 Å². The molecule has 6 nitrogen and oxygen atoms in total. The van der Waals surface area contributed by atoms with Crippen molar-refractivity contribution in [3.8, 4) is 11.5 Å². The molecule has 0 bridgehead atoms. The Morgan fingerprint density at radius 1 is 1.03 bits per heavy atom. The molecule has 37 heavy (non-hydrogen) atoms. The lowest BCUT2D eigenvalue weighted by atomic mass is 9.97. The number of rotatable bonds is 8. The number of hydrogen-bond donors (Lipinski definition) is 1. The zero-order valence-corrected chi connectivity index (χ0v) is 23.9. The number of hydrogen-bond acceptors (Lipinski definition) is 5. The van der Waals surface area contributed by atoms with Crippen LogP contribution in [0.1, 0.15) is 70.0 Å². The standard InChI is InChI=1S/C29H37FN2O4Si/c1-17(2)37(18(3)4,19(5)6)36-27-23-24(26(35-8)22-10-9-15-31-25(22)27)29(7,34)32(28(23)33)16-20-11-13-21(30)14-12-20/h9-15,17-19,34H,16H2,1-8H3. The van der Waals surface area contributed by atoms with Crippen molar-refractivity contribution in [2.75, 3.05) is 7.11 Å². The molecule has 0 saturated heterocycles. The quantitative estimate of drug-likeness (QED) is 0.330. The van der Waals surface area contributed by atoms with Crippen LogP contribution in [0.5, 0.6) is 11.5 Å². The smallest absolute Gasteiger partial charge is 0.261 e. The maximum absolute atomic E-state index is 14.2. The molecule has 0 aliphatic carbocycles. The van der Waals surface area contributed by atoms with Crippen LogP contribution in [0.15, 0.2) is 42.6 Å². The summed E-state index contributed by atoms with van der Waals surface area (Å²) >= 11 is 0. The molecular weight excluding hydrogens is 487 g/mol. The molecule has 1 aliphatic rings. The lowest BCUT2D eigenvalue weighted by Gasteiger charge is -2.42. The average molecular weight is 525 g/mol. The predicted octanol–water partition coefficient (Wildman–Crippen LogP) is 6.76. The molecule has 3 aromatic rings. The molecule has 0 saturated carbocycles. The topological polar surface area (TPSA) is 71.9 Å². The van der Waals surface area contributed by atoms with E-state index in [-0.39, 0.29) is 40.5 Å². The van der Waals surface area contributed by atoms with E-state index in [1.165, 1.54) is 24.1 Å². The van der Waals surface area contributed by atoms with E-state index in [1.807, 2.05) is 6.07 Å². The fourth-order valence-corrected chi connectivity index (χ4v) is 11.5. The van der Waals surface area contributed by atoms with Gasteiger partial charge in [-0.2, -0.15) is 0 Å². The van der Waals surface area contributed by atoms with Crippen LogP contribution in [-0.2, 0) is 12.3 Å². The number of aliphatic hydroxyl groups is 1. The van der Waals surface area contributed by atoms with Gasteiger partial charge >= 0.3 is 0 Å². The first-order valence-corrected chi connectivity index (χ1v) is 15.0. The molecule has 1 aliphatic heterocycles. The van der Waals surface area contributed by atoms with Crippen molar-refractivity contribution in [1.82, 2.24) is 9.88 Å². The van der Waals surface area contributed by atoms with Crippen molar-refractivity contribution >= 4 is 25.1 Å². The van der Waals surface area contributed by atoms with Crippen LogP contribution in [-0.4, -0.2) is 36.3 Å². The summed E-state index contributed by atoms with van der Waals surface area (Å²) in [7, 11) is -0.980. The van der Waals surface area contributed by atoms with Crippen LogP contribution in [0.4, 0.5) is 4.39 Å². The molecule has 2 heterocycles. The fourth-order valence-electron chi connectivity index (χ4n) is 6.21. The molecule has 2 aromatic carbocycles. The number of ether oxygens (including phenoxy) is 1. The monoisotopic (exact) mass is 524 g/mol. The van der Waals surface area contributed by atoms with Gasteiger partial charge in [-0.15, -0.1) is 0 Å². The number of pyridine rings is 1.